The first-order valence-corrected chi connectivity index (χ1v) is 11.5. The number of thiophene rings is 1. The quantitative estimate of drug-likeness (QED) is 0.357. The molecule has 0 saturated carbocycles. The predicted molar refractivity (Wildman–Crippen MR) is 127 cm³/mol. The summed E-state index contributed by atoms with van der Waals surface area (Å²) in [5.41, 5.74) is -0.751. The lowest BCUT2D eigenvalue weighted by atomic mass is 10.0. The summed E-state index contributed by atoms with van der Waals surface area (Å²) < 4.78 is 45.7. The van der Waals surface area contributed by atoms with E-state index in [0.717, 1.165) is 17.4 Å². The number of fused-ring (bicyclic) bond motifs is 1. The first-order valence-electron chi connectivity index (χ1n) is 10.7. The van der Waals surface area contributed by atoms with Gasteiger partial charge < -0.3 is 24.8 Å². The smallest absolute Gasteiger partial charge is 0.243 e. The molecular formula is C24H23F2N3O5S. The molecule has 0 aliphatic carbocycles. The molecule has 2 N–H and O–H groups in total. The van der Waals surface area contributed by atoms with Gasteiger partial charge >= 0.3 is 0 Å². The lowest BCUT2D eigenvalue weighted by Crippen LogP contribution is -2.52. The van der Waals surface area contributed by atoms with Gasteiger partial charge in [0.1, 0.15) is 11.4 Å². The summed E-state index contributed by atoms with van der Waals surface area (Å²) in [7, 11) is 2.43. The monoisotopic (exact) mass is 503 g/mol. The van der Waals surface area contributed by atoms with Gasteiger partial charge in [0, 0.05) is 29.0 Å². The van der Waals surface area contributed by atoms with Crippen molar-refractivity contribution in [2.45, 2.75) is 18.5 Å². The summed E-state index contributed by atoms with van der Waals surface area (Å²) in [4.78, 5) is 29.3. The molecule has 1 aromatic carbocycles. The Hall–Kier alpha value is -3.57. The molecule has 4 rings (SSSR count). The largest absolute Gasteiger partial charge is 0.494 e. The minimum Gasteiger partial charge on any atom is -0.494 e. The summed E-state index contributed by atoms with van der Waals surface area (Å²) in [5.74, 6) is -3.39. The summed E-state index contributed by atoms with van der Waals surface area (Å²) in [6.45, 7) is 4.36. The van der Waals surface area contributed by atoms with Crippen LogP contribution in [0.2, 0.25) is 0 Å². The molecule has 184 valence electrons. The number of halogens is 2. The third-order valence-corrected chi connectivity index (χ3v) is 6.73. The second-order valence-electron chi connectivity index (χ2n) is 7.76. The zero-order chi connectivity index (χ0) is 25.1. The normalized spacial score (nSPS) is 17.6. The van der Waals surface area contributed by atoms with Gasteiger partial charge in [0.25, 0.3) is 0 Å². The molecular weight excluding hydrogens is 480 g/mol. The Morgan fingerprint density at radius 2 is 1.89 bits per heavy atom. The molecule has 1 fully saturated rings. The zero-order valence-electron chi connectivity index (χ0n) is 19.0. The standard InChI is InChI=1S/C24H23F2N3O5S/c1-4-20(30)29-13-5-6-34-11-14(13)28-19-9-17-12(10-27-19)7-18(35-17)24(31)21-22(25)15(32-2)8-16(33-3)23(21)26/h4,7-10,13-14H,1,5-6,11H2,2-3H3,(H,27,28)(H,29,30). The number of ketones is 1. The van der Waals surface area contributed by atoms with Gasteiger partial charge in [0.05, 0.1) is 37.8 Å². The highest BCUT2D eigenvalue weighted by atomic mass is 32.1. The number of ether oxygens (including phenoxy) is 3. The number of hydrogen-bond acceptors (Lipinski definition) is 8. The molecule has 0 spiro atoms. The molecule has 1 aliphatic rings. The number of carbonyl (C=O) groups is 2. The van der Waals surface area contributed by atoms with E-state index in [-0.39, 0.29) is 34.4 Å². The molecule has 1 amide bonds. The molecule has 11 heteroatoms. The summed E-state index contributed by atoms with van der Waals surface area (Å²) in [6, 6.07) is 3.90. The second-order valence-corrected chi connectivity index (χ2v) is 8.85. The van der Waals surface area contributed by atoms with Crippen molar-refractivity contribution in [3.8, 4) is 11.5 Å². The number of nitrogens with one attached hydrogen (secondary N) is 2. The Bertz CT molecular complexity index is 1270. The highest BCUT2D eigenvalue weighted by Crippen LogP contribution is 2.35. The number of nitrogens with zero attached hydrogens (tertiary/aromatic N) is 1. The SMILES string of the molecule is C=CC(=O)NC1CCOCC1Nc1cc2sc(C(=O)c3c(F)c(OC)cc(OC)c3F)cc2cn1. The third-order valence-electron chi connectivity index (χ3n) is 5.63. The van der Waals surface area contributed by atoms with E-state index < -0.39 is 23.0 Å². The maximum absolute atomic E-state index is 14.8. The highest BCUT2D eigenvalue weighted by Gasteiger charge is 2.29. The van der Waals surface area contributed by atoms with Gasteiger partial charge in [-0.25, -0.2) is 13.8 Å². The first kappa shape index (κ1) is 24.6. The van der Waals surface area contributed by atoms with Crippen molar-refractivity contribution in [1.29, 1.82) is 0 Å². The van der Waals surface area contributed by atoms with Gasteiger partial charge in [-0.2, -0.15) is 0 Å². The first-order chi connectivity index (χ1) is 16.9. The van der Waals surface area contributed by atoms with Crippen LogP contribution in [0.3, 0.4) is 0 Å². The lowest BCUT2D eigenvalue weighted by Gasteiger charge is -2.32. The minimum absolute atomic E-state index is 0.129. The summed E-state index contributed by atoms with van der Waals surface area (Å²) >= 11 is 1.08. The Morgan fingerprint density at radius 3 is 2.54 bits per heavy atom. The van der Waals surface area contributed by atoms with Crippen LogP contribution in [0.5, 0.6) is 11.5 Å². The topological polar surface area (TPSA) is 98.8 Å². The molecule has 1 aliphatic heterocycles. The fourth-order valence-corrected chi connectivity index (χ4v) is 4.83. The molecule has 1 saturated heterocycles. The zero-order valence-corrected chi connectivity index (χ0v) is 19.8. The number of carbonyl (C=O) groups excluding carboxylic acids is 2. The van der Waals surface area contributed by atoms with Crippen molar-refractivity contribution in [3.63, 3.8) is 0 Å². The van der Waals surface area contributed by atoms with Gasteiger partial charge in [-0.3, -0.25) is 9.59 Å². The van der Waals surface area contributed by atoms with Gasteiger partial charge in [0.15, 0.2) is 23.1 Å². The number of aromatic nitrogens is 1. The van der Waals surface area contributed by atoms with E-state index in [2.05, 4.69) is 22.2 Å². The maximum Gasteiger partial charge on any atom is 0.243 e. The molecule has 2 unspecified atom stereocenters. The van der Waals surface area contributed by atoms with E-state index >= 15 is 0 Å². The van der Waals surface area contributed by atoms with Crippen LogP contribution in [0, 0.1) is 11.6 Å². The van der Waals surface area contributed by atoms with Crippen LogP contribution >= 0.6 is 11.3 Å². The van der Waals surface area contributed by atoms with Crippen LogP contribution < -0.4 is 20.1 Å². The van der Waals surface area contributed by atoms with E-state index in [4.69, 9.17) is 14.2 Å². The number of benzene rings is 1. The minimum atomic E-state index is -1.10. The Balaban J connectivity index is 1.62. The van der Waals surface area contributed by atoms with Crippen LogP contribution in [0.15, 0.2) is 37.1 Å². The average Bonchev–Trinajstić information content (AvgIpc) is 3.29. The second kappa shape index (κ2) is 10.4. The average molecular weight is 504 g/mol. The summed E-state index contributed by atoms with van der Waals surface area (Å²) in [6.07, 6.45) is 3.40. The molecule has 3 aromatic rings. The number of pyridine rings is 1. The molecule has 35 heavy (non-hydrogen) atoms. The van der Waals surface area contributed by atoms with Crippen molar-refractivity contribution in [1.82, 2.24) is 10.3 Å². The van der Waals surface area contributed by atoms with Crippen molar-refractivity contribution >= 4 is 38.9 Å². The fourth-order valence-electron chi connectivity index (χ4n) is 3.82. The van der Waals surface area contributed by atoms with Crippen LogP contribution in [0.1, 0.15) is 21.7 Å². The van der Waals surface area contributed by atoms with Crippen LogP contribution in [-0.2, 0) is 9.53 Å². The van der Waals surface area contributed by atoms with Crippen molar-refractivity contribution < 1.29 is 32.6 Å². The molecule has 2 atom stereocenters. The lowest BCUT2D eigenvalue weighted by molar-refractivity contribution is -0.117. The van der Waals surface area contributed by atoms with E-state index in [1.807, 2.05) is 0 Å². The Kier molecular flexibility index (Phi) is 7.27. The number of rotatable bonds is 8. The Morgan fingerprint density at radius 1 is 1.17 bits per heavy atom. The van der Waals surface area contributed by atoms with Gasteiger partial charge in [0.2, 0.25) is 11.7 Å². The van der Waals surface area contributed by atoms with Crippen LogP contribution in [0.4, 0.5) is 14.6 Å². The van der Waals surface area contributed by atoms with Gasteiger partial charge in [-0.1, -0.05) is 6.58 Å². The molecule has 3 heterocycles. The predicted octanol–water partition coefficient (Wildman–Crippen LogP) is 3.69. The van der Waals surface area contributed by atoms with E-state index in [1.54, 1.807) is 12.3 Å². The molecule has 2 aromatic heterocycles. The van der Waals surface area contributed by atoms with Gasteiger partial charge in [-0.15, -0.1) is 11.3 Å². The highest BCUT2D eigenvalue weighted by molar-refractivity contribution is 7.21. The number of methoxy groups -OCH3 is 2. The molecule has 8 nitrogen and oxygen atoms in total. The van der Waals surface area contributed by atoms with Crippen molar-refractivity contribution in [2.75, 3.05) is 32.8 Å². The number of hydrogen-bond donors (Lipinski definition) is 2. The van der Waals surface area contributed by atoms with Crippen molar-refractivity contribution in [3.05, 3.63) is 59.1 Å². The van der Waals surface area contributed by atoms with Crippen LogP contribution in [0.25, 0.3) is 10.1 Å². The third kappa shape index (κ3) is 4.96. The van der Waals surface area contributed by atoms with Crippen LogP contribution in [-0.4, -0.2) is 56.2 Å². The number of amides is 1. The van der Waals surface area contributed by atoms with Gasteiger partial charge in [-0.05, 0) is 24.6 Å². The Labute approximate surface area is 203 Å². The number of anilines is 1. The summed E-state index contributed by atoms with van der Waals surface area (Å²) in [5, 5.41) is 6.77. The van der Waals surface area contributed by atoms with E-state index in [9.17, 15) is 18.4 Å². The van der Waals surface area contributed by atoms with E-state index in [0.29, 0.717) is 35.5 Å². The fraction of sp³-hybridized carbons (Fsp3) is 0.292. The molecule has 0 bridgehead atoms. The van der Waals surface area contributed by atoms with E-state index in [1.165, 1.54) is 26.4 Å². The molecule has 0 radical (unpaired) electrons. The van der Waals surface area contributed by atoms with Crippen molar-refractivity contribution in [2.24, 2.45) is 0 Å². The maximum atomic E-state index is 14.8.